The average molecular weight is 377 g/mol. The van der Waals surface area contributed by atoms with Crippen LogP contribution in [0.5, 0.6) is 0 Å². The van der Waals surface area contributed by atoms with Crippen LogP contribution >= 0.6 is 0 Å². The largest absolute Gasteiger partial charge is 0.322 e. The van der Waals surface area contributed by atoms with Crippen LogP contribution in [-0.4, -0.2) is 42.7 Å². The lowest BCUT2D eigenvalue weighted by Crippen LogP contribution is -3.28. The third kappa shape index (κ3) is 4.21. The quantitative estimate of drug-likeness (QED) is 0.607. The van der Waals surface area contributed by atoms with Crippen molar-refractivity contribution in [1.29, 1.82) is 0 Å². The number of rotatable bonds is 5. The molecule has 0 unspecified atom stereocenters. The molecule has 3 N–H and O–H groups in total. The van der Waals surface area contributed by atoms with Gasteiger partial charge in [-0.15, -0.1) is 0 Å². The number of quaternary nitrogens is 2. The van der Waals surface area contributed by atoms with Crippen LogP contribution < -0.4 is 15.4 Å². The number of para-hydroxylation sites is 1. The van der Waals surface area contributed by atoms with Crippen molar-refractivity contribution < 1.29 is 9.80 Å². The summed E-state index contributed by atoms with van der Waals surface area (Å²) in [7, 11) is 0. The van der Waals surface area contributed by atoms with Crippen LogP contribution in [0.2, 0.25) is 0 Å². The zero-order valence-electron chi connectivity index (χ0n) is 16.3. The molecule has 0 aliphatic carbocycles. The highest BCUT2D eigenvalue weighted by Gasteiger charge is 2.28. The number of H-pyrrole nitrogens is 1. The number of aromatic amines is 1. The van der Waals surface area contributed by atoms with Crippen molar-refractivity contribution in [3.8, 4) is 0 Å². The van der Waals surface area contributed by atoms with E-state index < -0.39 is 0 Å². The summed E-state index contributed by atoms with van der Waals surface area (Å²) >= 11 is 0. The second-order valence-corrected chi connectivity index (χ2v) is 7.62. The van der Waals surface area contributed by atoms with Crippen LogP contribution in [0.3, 0.4) is 0 Å². The first-order valence-corrected chi connectivity index (χ1v) is 10.1. The van der Waals surface area contributed by atoms with Crippen LogP contribution in [0.15, 0.2) is 65.5 Å². The molecule has 1 aliphatic heterocycles. The lowest BCUT2D eigenvalue weighted by atomic mass is 10.2. The first-order valence-electron chi connectivity index (χ1n) is 10.1. The summed E-state index contributed by atoms with van der Waals surface area (Å²) in [6.07, 6.45) is 4.49. The van der Waals surface area contributed by atoms with Gasteiger partial charge in [0.1, 0.15) is 32.2 Å². The Balaban J connectivity index is 1.36. The minimum atomic E-state index is -0.0397. The van der Waals surface area contributed by atoms with Gasteiger partial charge in [0.25, 0.3) is 5.56 Å². The first kappa shape index (κ1) is 18.6. The van der Waals surface area contributed by atoms with E-state index >= 15 is 0 Å². The van der Waals surface area contributed by atoms with E-state index in [0.717, 1.165) is 44.1 Å². The number of piperazine rings is 1. The molecule has 1 saturated heterocycles. The summed E-state index contributed by atoms with van der Waals surface area (Å²) in [6.45, 7) is 7.68. The van der Waals surface area contributed by atoms with Crippen molar-refractivity contribution in [1.82, 2.24) is 9.97 Å². The molecule has 2 aromatic carbocycles. The lowest BCUT2D eigenvalue weighted by Gasteiger charge is -2.32. The molecule has 1 fully saturated rings. The van der Waals surface area contributed by atoms with Crippen molar-refractivity contribution in [3.05, 3.63) is 82.4 Å². The van der Waals surface area contributed by atoms with Crippen molar-refractivity contribution in [2.75, 3.05) is 32.7 Å². The molecule has 0 spiro atoms. The Morgan fingerprint density at radius 2 is 1.75 bits per heavy atom. The molecule has 1 aromatic heterocycles. The highest BCUT2D eigenvalue weighted by molar-refractivity contribution is 5.77. The van der Waals surface area contributed by atoms with E-state index in [4.69, 9.17) is 4.98 Å². The Morgan fingerprint density at radius 3 is 2.54 bits per heavy atom. The monoisotopic (exact) mass is 376 g/mol. The molecule has 3 aromatic rings. The SMILES string of the molecule is C[C@@H](c1nc2ccccc2c(=O)[nH]1)[NH+]1CC[NH+](C/C=C/c2ccccc2)CC1. The molecular formula is C23H28N4O+2. The van der Waals surface area contributed by atoms with Gasteiger partial charge >= 0.3 is 0 Å². The third-order valence-corrected chi connectivity index (χ3v) is 5.77. The van der Waals surface area contributed by atoms with Crippen molar-refractivity contribution >= 4 is 17.0 Å². The summed E-state index contributed by atoms with van der Waals surface area (Å²) in [6, 6.07) is 18.2. The Hall–Kier alpha value is -2.76. The van der Waals surface area contributed by atoms with E-state index in [1.807, 2.05) is 30.3 Å². The Bertz CT molecular complexity index is 1000. The van der Waals surface area contributed by atoms with Gasteiger partial charge in [-0.05, 0) is 30.7 Å². The average Bonchev–Trinajstić information content (AvgIpc) is 2.74. The standard InChI is InChI=1S/C23H26N4O/c1-18(22-24-21-12-6-5-11-20(21)23(28)25-22)27-16-14-26(15-17-27)13-7-10-19-8-3-2-4-9-19/h2-12,18H,13-17H2,1H3,(H,24,25,28)/p+2/b10-7+/t18-/m0/s1. The number of nitrogens with zero attached hydrogens (tertiary/aromatic N) is 1. The van der Waals surface area contributed by atoms with Crippen LogP contribution in [0.4, 0.5) is 0 Å². The molecule has 5 heteroatoms. The number of nitrogens with one attached hydrogen (secondary N) is 3. The minimum Gasteiger partial charge on any atom is -0.322 e. The number of aromatic nitrogens is 2. The van der Waals surface area contributed by atoms with E-state index in [1.165, 1.54) is 10.5 Å². The molecule has 0 amide bonds. The van der Waals surface area contributed by atoms with E-state index in [9.17, 15) is 4.79 Å². The van der Waals surface area contributed by atoms with E-state index in [1.54, 1.807) is 4.90 Å². The highest BCUT2D eigenvalue weighted by Crippen LogP contribution is 2.08. The molecule has 0 saturated carbocycles. The normalized spacial score (nSPS) is 21.2. The van der Waals surface area contributed by atoms with Crippen molar-refractivity contribution in [2.24, 2.45) is 0 Å². The summed E-state index contributed by atoms with van der Waals surface area (Å²) in [5.41, 5.74) is 2.00. The summed E-state index contributed by atoms with van der Waals surface area (Å²) in [5, 5.41) is 0.660. The maximum absolute atomic E-state index is 12.4. The molecule has 5 nitrogen and oxygen atoms in total. The van der Waals surface area contributed by atoms with Crippen molar-refractivity contribution in [3.63, 3.8) is 0 Å². The fourth-order valence-electron chi connectivity index (χ4n) is 3.99. The second-order valence-electron chi connectivity index (χ2n) is 7.62. The molecule has 2 heterocycles. The van der Waals surface area contributed by atoms with Crippen molar-refractivity contribution in [2.45, 2.75) is 13.0 Å². The van der Waals surface area contributed by atoms with Gasteiger partial charge in [-0.1, -0.05) is 48.5 Å². The zero-order chi connectivity index (χ0) is 19.3. The second kappa shape index (κ2) is 8.50. The third-order valence-electron chi connectivity index (χ3n) is 5.77. The number of fused-ring (bicyclic) bond motifs is 1. The lowest BCUT2D eigenvalue weighted by molar-refractivity contribution is -1.02. The van der Waals surface area contributed by atoms with Crippen LogP contribution in [0.25, 0.3) is 17.0 Å². The number of hydrogen-bond acceptors (Lipinski definition) is 2. The van der Waals surface area contributed by atoms with Crippen LogP contribution in [-0.2, 0) is 0 Å². The Morgan fingerprint density at radius 1 is 1.04 bits per heavy atom. The van der Waals surface area contributed by atoms with Gasteiger partial charge in [-0.2, -0.15) is 0 Å². The molecule has 0 bridgehead atoms. The van der Waals surface area contributed by atoms with Crippen LogP contribution in [0, 0.1) is 0 Å². The summed E-state index contributed by atoms with van der Waals surface area (Å²) < 4.78 is 0. The predicted octanol–water partition coefficient (Wildman–Crippen LogP) is 0.481. The highest BCUT2D eigenvalue weighted by atomic mass is 16.1. The molecule has 1 atom stereocenters. The molecule has 28 heavy (non-hydrogen) atoms. The fourth-order valence-corrected chi connectivity index (χ4v) is 3.99. The van der Waals surface area contributed by atoms with Gasteiger partial charge in [-0.25, -0.2) is 4.98 Å². The van der Waals surface area contributed by atoms with Crippen LogP contribution in [0.1, 0.15) is 24.4 Å². The number of benzene rings is 2. The molecule has 0 radical (unpaired) electrons. The fraction of sp³-hybridized carbons (Fsp3) is 0.304. The smallest absolute Gasteiger partial charge is 0.258 e. The van der Waals surface area contributed by atoms with Gasteiger partial charge in [-0.3, -0.25) is 4.79 Å². The first-order chi connectivity index (χ1) is 13.7. The van der Waals surface area contributed by atoms with Gasteiger partial charge < -0.3 is 14.8 Å². The maximum Gasteiger partial charge on any atom is 0.258 e. The minimum absolute atomic E-state index is 0.0397. The molecule has 144 valence electrons. The Kier molecular flexibility index (Phi) is 5.65. The predicted molar refractivity (Wildman–Crippen MR) is 113 cm³/mol. The number of hydrogen-bond donors (Lipinski definition) is 3. The molecule has 4 rings (SSSR count). The topological polar surface area (TPSA) is 54.6 Å². The van der Waals surface area contributed by atoms with E-state index in [-0.39, 0.29) is 11.6 Å². The van der Waals surface area contributed by atoms with E-state index in [0.29, 0.717) is 5.39 Å². The van der Waals surface area contributed by atoms with Gasteiger partial charge in [0.15, 0.2) is 5.82 Å². The van der Waals surface area contributed by atoms with Gasteiger partial charge in [0, 0.05) is 0 Å². The molecule has 1 aliphatic rings. The summed E-state index contributed by atoms with van der Waals surface area (Å²) in [4.78, 5) is 23.2. The van der Waals surface area contributed by atoms with E-state index in [2.05, 4.69) is 48.3 Å². The summed E-state index contributed by atoms with van der Waals surface area (Å²) in [5.74, 6) is 0.797. The van der Waals surface area contributed by atoms with Gasteiger partial charge in [0.05, 0.1) is 17.4 Å². The Labute approximate surface area is 165 Å². The zero-order valence-corrected chi connectivity index (χ0v) is 16.3. The maximum atomic E-state index is 12.4. The molecular weight excluding hydrogens is 348 g/mol. The van der Waals surface area contributed by atoms with Gasteiger partial charge in [0.2, 0.25) is 0 Å².